The highest BCUT2D eigenvalue weighted by Crippen LogP contribution is 2.31. The Hall–Kier alpha value is -1.45. The maximum atomic E-state index is 14.2. The second-order valence-corrected chi connectivity index (χ2v) is 5.55. The van der Waals surface area contributed by atoms with E-state index in [1.54, 1.807) is 6.07 Å². The average molecular weight is 310 g/mol. The summed E-state index contributed by atoms with van der Waals surface area (Å²) in [4.78, 5) is 0. The van der Waals surface area contributed by atoms with Crippen molar-refractivity contribution in [1.82, 2.24) is 5.32 Å². The van der Waals surface area contributed by atoms with Crippen LogP contribution in [0.4, 0.5) is 8.78 Å². The van der Waals surface area contributed by atoms with Gasteiger partial charge in [-0.1, -0.05) is 18.5 Å². The number of hydrogen-bond acceptors (Lipinski definition) is 1. The molecule has 0 amide bonds. The van der Waals surface area contributed by atoms with Crippen LogP contribution in [0.15, 0.2) is 30.3 Å². The van der Waals surface area contributed by atoms with Crippen molar-refractivity contribution in [2.45, 2.75) is 26.8 Å². The molecule has 0 aliphatic heterocycles. The van der Waals surface area contributed by atoms with Crippen molar-refractivity contribution in [2.75, 3.05) is 6.54 Å². The van der Waals surface area contributed by atoms with E-state index in [0.717, 1.165) is 16.7 Å². The summed E-state index contributed by atoms with van der Waals surface area (Å²) in [6.45, 7) is 6.27. The molecule has 0 saturated carbocycles. The summed E-state index contributed by atoms with van der Waals surface area (Å²) >= 11 is 6.00. The Balaban J connectivity index is 2.61. The van der Waals surface area contributed by atoms with Gasteiger partial charge < -0.3 is 5.32 Å². The lowest BCUT2D eigenvalue weighted by Crippen LogP contribution is -2.24. The molecule has 1 unspecified atom stereocenters. The van der Waals surface area contributed by atoms with Crippen LogP contribution in [-0.4, -0.2) is 6.54 Å². The van der Waals surface area contributed by atoms with Crippen molar-refractivity contribution in [3.8, 4) is 0 Å². The smallest absolute Gasteiger partial charge is 0.128 e. The average Bonchev–Trinajstić information content (AvgIpc) is 2.39. The first-order valence-electron chi connectivity index (χ1n) is 6.89. The third kappa shape index (κ3) is 3.42. The van der Waals surface area contributed by atoms with E-state index in [9.17, 15) is 8.78 Å². The molecule has 0 aliphatic rings. The topological polar surface area (TPSA) is 12.0 Å². The van der Waals surface area contributed by atoms with Crippen LogP contribution in [0.3, 0.4) is 0 Å². The number of rotatable bonds is 4. The minimum absolute atomic E-state index is 0.282. The molecule has 1 nitrogen and oxygen atoms in total. The van der Waals surface area contributed by atoms with Gasteiger partial charge in [-0.2, -0.15) is 0 Å². The van der Waals surface area contributed by atoms with E-state index in [4.69, 9.17) is 11.6 Å². The third-order valence-electron chi connectivity index (χ3n) is 3.52. The highest BCUT2D eigenvalue weighted by Gasteiger charge is 2.21. The fraction of sp³-hybridized carbons (Fsp3) is 0.294. The fourth-order valence-electron chi connectivity index (χ4n) is 2.68. The van der Waals surface area contributed by atoms with Crippen LogP contribution in [0.2, 0.25) is 5.02 Å². The molecule has 2 rings (SSSR count). The predicted molar refractivity (Wildman–Crippen MR) is 82.8 cm³/mol. The van der Waals surface area contributed by atoms with Gasteiger partial charge in [0.05, 0.1) is 6.04 Å². The molecular weight excluding hydrogens is 292 g/mol. The van der Waals surface area contributed by atoms with E-state index >= 15 is 0 Å². The summed E-state index contributed by atoms with van der Waals surface area (Å²) in [5, 5.41) is 3.74. The van der Waals surface area contributed by atoms with Crippen molar-refractivity contribution in [1.29, 1.82) is 0 Å². The summed E-state index contributed by atoms with van der Waals surface area (Å²) in [7, 11) is 0. The van der Waals surface area contributed by atoms with Gasteiger partial charge in [-0.15, -0.1) is 0 Å². The maximum absolute atomic E-state index is 14.2. The van der Waals surface area contributed by atoms with Crippen molar-refractivity contribution >= 4 is 11.6 Å². The van der Waals surface area contributed by atoms with Gasteiger partial charge >= 0.3 is 0 Å². The van der Waals surface area contributed by atoms with E-state index < -0.39 is 0 Å². The summed E-state index contributed by atoms with van der Waals surface area (Å²) in [5.74, 6) is -0.607. The monoisotopic (exact) mass is 309 g/mol. The normalized spacial score (nSPS) is 12.5. The Labute approximate surface area is 128 Å². The first kappa shape index (κ1) is 15.9. The number of nitrogens with one attached hydrogen (secondary N) is 1. The number of benzene rings is 2. The molecule has 21 heavy (non-hydrogen) atoms. The Morgan fingerprint density at radius 1 is 1.10 bits per heavy atom. The standard InChI is InChI=1S/C17H18ClF2N/c1-4-21-17(14-9-12(18)5-6-15(14)20)16-10(2)7-13(19)8-11(16)3/h5-9,17,21H,4H2,1-3H3. The van der Waals surface area contributed by atoms with Gasteiger partial charge in [0.2, 0.25) is 0 Å². The van der Waals surface area contributed by atoms with Gasteiger partial charge in [0, 0.05) is 10.6 Å². The number of hydrogen-bond donors (Lipinski definition) is 1. The first-order chi connectivity index (χ1) is 9.93. The molecule has 0 heterocycles. The minimum atomic E-state index is -0.353. The largest absolute Gasteiger partial charge is 0.306 e. The second kappa shape index (κ2) is 6.54. The van der Waals surface area contributed by atoms with Crippen molar-refractivity contribution in [3.05, 3.63) is 69.2 Å². The van der Waals surface area contributed by atoms with Crippen LogP contribution in [0, 0.1) is 25.5 Å². The van der Waals surface area contributed by atoms with E-state index in [1.165, 1.54) is 24.3 Å². The summed E-state index contributed by atoms with van der Waals surface area (Å²) in [5.41, 5.74) is 2.94. The molecule has 0 bridgehead atoms. The highest BCUT2D eigenvalue weighted by molar-refractivity contribution is 6.30. The van der Waals surface area contributed by atoms with Crippen LogP contribution in [-0.2, 0) is 0 Å². The lowest BCUT2D eigenvalue weighted by molar-refractivity contribution is 0.554. The Morgan fingerprint density at radius 2 is 1.71 bits per heavy atom. The molecule has 0 radical (unpaired) electrons. The van der Waals surface area contributed by atoms with Crippen LogP contribution in [0.25, 0.3) is 0 Å². The molecule has 2 aromatic carbocycles. The van der Waals surface area contributed by atoms with Gasteiger partial charge in [0.1, 0.15) is 11.6 Å². The molecule has 0 aromatic heterocycles. The molecule has 0 spiro atoms. The zero-order chi connectivity index (χ0) is 15.6. The van der Waals surface area contributed by atoms with Crippen molar-refractivity contribution in [2.24, 2.45) is 0 Å². The van der Waals surface area contributed by atoms with Crippen LogP contribution in [0.1, 0.15) is 35.2 Å². The third-order valence-corrected chi connectivity index (χ3v) is 3.76. The lowest BCUT2D eigenvalue weighted by Gasteiger charge is -2.24. The molecular formula is C17H18ClF2N. The Morgan fingerprint density at radius 3 is 2.29 bits per heavy atom. The zero-order valence-corrected chi connectivity index (χ0v) is 13.1. The molecule has 0 saturated heterocycles. The van der Waals surface area contributed by atoms with E-state index in [-0.39, 0.29) is 17.7 Å². The molecule has 1 atom stereocenters. The van der Waals surface area contributed by atoms with Gasteiger partial charge in [0.15, 0.2) is 0 Å². The SMILES string of the molecule is CCNC(c1cc(Cl)ccc1F)c1c(C)cc(F)cc1C. The van der Waals surface area contributed by atoms with Crippen LogP contribution in [0.5, 0.6) is 0 Å². The molecule has 0 fully saturated rings. The van der Waals surface area contributed by atoms with Gasteiger partial charge in [0.25, 0.3) is 0 Å². The van der Waals surface area contributed by atoms with E-state index in [1.807, 2.05) is 20.8 Å². The lowest BCUT2D eigenvalue weighted by atomic mass is 9.91. The molecule has 2 aromatic rings. The summed E-state index contributed by atoms with van der Waals surface area (Å²) in [6.07, 6.45) is 0. The van der Waals surface area contributed by atoms with Gasteiger partial charge in [-0.25, -0.2) is 8.78 Å². The fourth-order valence-corrected chi connectivity index (χ4v) is 2.87. The zero-order valence-electron chi connectivity index (χ0n) is 12.3. The molecule has 4 heteroatoms. The second-order valence-electron chi connectivity index (χ2n) is 5.11. The Kier molecular flexibility index (Phi) is 4.96. The predicted octanol–water partition coefficient (Wildman–Crippen LogP) is 4.93. The molecule has 112 valence electrons. The summed E-state index contributed by atoms with van der Waals surface area (Å²) < 4.78 is 27.7. The van der Waals surface area contributed by atoms with Gasteiger partial charge in [-0.3, -0.25) is 0 Å². The summed E-state index contributed by atoms with van der Waals surface area (Å²) in [6, 6.07) is 7.08. The quantitative estimate of drug-likeness (QED) is 0.844. The Bertz CT molecular complexity index is 632. The molecule has 0 aliphatic carbocycles. The first-order valence-corrected chi connectivity index (χ1v) is 7.26. The van der Waals surface area contributed by atoms with E-state index in [2.05, 4.69) is 5.32 Å². The minimum Gasteiger partial charge on any atom is -0.306 e. The van der Waals surface area contributed by atoms with Crippen molar-refractivity contribution in [3.63, 3.8) is 0 Å². The van der Waals surface area contributed by atoms with Crippen LogP contribution < -0.4 is 5.32 Å². The molecule has 1 N–H and O–H groups in total. The highest BCUT2D eigenvalue weighted by atomic mass is 35.5. The van der Waals surface area contributed by atoms with Crippen molar-refractivity contribution < 1.29 is 8.78 Å². The number of aryl methyl sites for hydroxylation is 2. The van der Waals surface area contributed by atoms with Gasteiger partial charge in [-0.05, 0) is 67.4 Å². The maximum Gasteiger partial charge on any atom is 0.128 e. The number of halogens is 3. The van der Waals surface area contributed by atoms with Crippen LogP contribution >= 0.6 is 11.6 Å². The van der Waals surface area contributed by atoms with E-state index in [0.29, 0.717) is 17.1 Å².